The number of carbonyl (C=O) groups excluding carboxylic acids is 2. The Balaban J connectivity index is 0.00000320. The molecule has 3 fully saturated rings. The van der Waals surface area contributed by atoms with E-state index >= 15 is 0 Å². The number of piperidine rings is 1. The Bertz CT molecular complexity index is 588. The highest BCUT2D eigenvalue weighted by molar-refractivity contribution is 14.0. The van der Waals surface area contributed by atoms with Gasteiger partial charge in [-0.3, -0.25) is 19.5 Å². The highest BCUT2D eigenvalue weighted by atomic mass is 127. The van der Waals surface area contributed by atoms with Gasteiger partial charge in [0.2, 0.25) is 11.8 Å². The third kappa shape index (κ3) is 7.25. The third-order valence-corrected chi connectivity index (χ3v) is 6.62. The minimum Gasteiger partial charge on any atom is -0.370 e. The molecular formula is C21H39IN6O2. The molecule has 2 saturated heterocycles. The molecule has 30 heavy (non-hydrogen) atoms. The Morgan fingerprint density at radius 1 is 1.00 bits per heavy atom. The second-order valence-electron chi connectivity index (χ2n) is 8.75. The van der Waals surface area contributed by atoms with Crippen LogP contribution >= 0.6 is 24.0 Å². The lowest BCUT2D eigenvalue weighted by Crippen LogP contribution is -2.52. The number of carbonyl (C=O) groups is 2. The lowest BCUT2D eigenvalue weighted by molar-refractivity contribution is -0.137. The SMILES string of the molecule is CN=C(NCCN1CCN(C(=O)C2CCCC2)CC1)N1CCCC(CC(N)=O)C1.I. The van der Waals surface area contributed by atoms with Crippen LogP contribution in [0.25, 0.3) is 0 Å². The molecule has 1 aliphatic carbocycles. The Hall–Kier alpha value is -1.10. The lowest BCUT2D eigenvalue weighted by atomic mass is 9.95. The zero-order valence-corrected chi connectivity index (χ0v) is 20.7. The average Bonchev–Trinajstić information content (AvgIpc) is 3.26. The Morgan fingerprint density at radius 3 is 2.33 bits per heavy atom. The number of guanidine groups is 1. The number of hydrogen-bond donors (Lipinski definition) is 2. The first kappa shape index (κ1) is 25.2. The summed E-state index contributed by atoms with van der Waals surface area (Å²) in [5.41, 5.74) is 5.37. The molecule has 2 amide bonds. The maximum absolute atomic E-state index is 12.6. The summed E-state index contributed by atoms with van der Waals surface area (Å²) >= 11 is 0. The smallest absolute Gasteiger partial charge is 0.225 e. The molecule has 0 radical (unpaired) electrons. The summed E-state index contributed by atoms with van der Waals surface area (Å²) < 4.78 is 0. The van der Waals surface area contributed by atoms with Crippen LogP contribution in [0.2, 0.25) is 0 Å². The lowest BCUT2D eigenvalue weighted by Gasteiger charge is -2.37. The van der Waals surface area contributed by atoms with Crippen molar-refractivity contribution in [3.05, 3.63) is 0 Å². The number of aliphatic imine (C=N–C) groups is 1. The quantitative estimate of drug-likeness (QED) is 0.303. The molecule has 3 aliphatic rings. The normalized spacial score (nSPS) is 23.9. The molecule has 3 N–H and O–H groups in total. The number of primary amides is 1. The number of nitrogens with one attached hydrogen (secondary N) is 1. The van der Waals surface area contributed by atoms with Crippen LogP contribution in [0.4, 0.5) is 0 Å². The van der Waals surface area contributed by atoms with Gasteiger partial charge in [-0.15, -0.1) is 24.0 Å². The molecule has 2 aliphatic heterocycles. The maximum atomic E-state index is 12.6. The Labute approximate surface area is 198 Å². The monoisotopic (exact) mass is 534 g/mol. The van der Waals surface area contributed by atoms with Crippen LogP contribution in [-0.4, -0.2) is 91.9 Å². The molecule has 1 saturated carbocycles. The minimum absolute atomic E-state index is 0. The van der Waals surface area contributed by atoms with Gasteiger partial charge in [0, 0.05) is 71.7 Å². The largest absolute Gasteiger partial charge is 0.370 e. The molecule has 0 aromatic carbocycles. The van der Waals surface area contributed by atoms with Crippen molar-refractivity contribution >= 4 is 41.8 Å². The third-order valence-electron chi connectivity index (χ3n) is 6.62. The van der Waals surface area contributed by atoms with Crippen LogP contribution in [0, 0.1) is 11.8 Å². The van der Waals surface area contributed by atoms with E-state index in [-0.39, 0.29) is 35.8 Å². The average molecular weight is 534 g/mol. The van der Waals surface area contributed by atoms with E-state index < -0.39 is 0 Å². The zero-order valence-electron chi connectivity index (χ0n) is 18.4. The van der Waals surface area contributed by atoms with Crippen molar-refractivity contribution in [2.45, 2.75) is 44.9 Å². The Kier molecular flexibility index (Phi) is 10.6. The van der Waals surface area contributed by atoms with Crippen molar-refractivity contribution in [3.63, 3.8) is 0 Å². The molecular weight excluding hydrogens is 495 g/mol. The molecule has 3 rings (SSSR count). The van der Waals surface area contributed by atoms with Gasteiger partial charge in [-0.2, -0.15) is 0 Å². The summed E-state index contributed by atoms with van der Waals surface area (Å²) in [5, 5.41) is 3.48. The maximum Gasteiger partial charge on any atom is 0.225 e. The van der Waals surface area contributed by atoms with Crippen LogP contribution in [0.1, 0.15) is 44.9 Å². The first-order valence-electron chi connectivity index (χ1n) is 11.3. The van der Waals surface area contributed by atoms with Crippen molar-refractivity contribution < 1.29 is 9.59 Å². The number of amides is 2. The van der Waals surface area contributed by atoms with Crippen LogP contribution < -0.4 is 11.1 Å². The van der Waals surface area contributed by atoms with Crippen LogP contribution in [0.15, 0.2) is 4.99 Å². The van der Waals surface area contributed by atoms with Gasteiger partial charge in [-0.25, -0.2) is 0 Å². The molecule has 1 atom stereocenters. The van der Waals surface area contributed by atoms with E-state index in [1.54, 1.807) is 0 Å². The van der Waals surface area contributed by atoms with E-state index in [1.165, 1.54) is 12.8 Å². The predicted molar refractivity (Wildman–Crippen MR) is 130 cm³/mol. The first-order valence-corrected chi connectivity index (χ1v) is 11.3. The fourth-order valence-electron chi connectivity index (χ4n) is 4.99. The van der Waals surface area contributed by atoms with Gasteiger partial charge >= 0.3 is 0 Å². The number of likely N-dealkylation sites (tertiary alicyclic amines) is 1. The van der Waals surface area contributed by atoms with Crippen molar-refractivity contribution in [2.75, 3.05) is 59.4 Å². The van der Waals surface area contributed by atoms with Crippen molar-refractivity contribution in [1.82, 2.24) is 20.0 Å². The van der Waals surface area contributed by atoms with E-state index in [9.17, 15) is 9.59 Å². The summed E-state index contributed by atoms with van der Waals surface area (Å²) in [6, 6.07) is 0. The molecule has 2 heterocycles. The van der Waals surface area contributed by atoms with Crippen molar-refractivity contribution in [1.29, 1.82) is 0 Å². The van der Waals surface area contributed by atoms with E-state index in [0.717, 1.165) is 84.0 Å². The molecule has 9 heteroatoms. The highest BCUT2D eigenvalue weighted by Gasteiger charge is 2.29. The van der Waals surface area contributed by atoms with Gasteiger partial charge in [0.05, 0.1) is 0 Å². The summed E-state index contributed by atoms with van der Waals surface area (Å²) in [7, 11) is 1.81. The molecule has 8 nitrogen and oxygen atoms in total. The topological polar surface area (TPSA) is 94.3 Å². The van der Waals surface area contributed by atoms with Crippen LogP contribution in [0.5, 0.6) is 0 Å². The van der Waals surface area contributed by atoms with E-state index in [1.807, 2.05) is 7.05 Å². The minimum atomic E-state index is -0.217. The van der Waals surface area contributed by atoms with Gasteiger partial charge in [-0.1, -0.05) is 12.8 Å². The molecule has 172 valence electrons. The summed E-state index contributed by atoms with van der Waals surface area (Å²) in [5.74, 6) is 1.69. The summed E-state index contributed by atoms with van der Waals surface area (Å²) in [6.07, 6.45) is 7.17. The predicted octanol–water partition coefficient (Wildman–Crippen LogP) is 1.10. The molecule has 0 spiro atoms. The molecule has 0 aromatic rings. The van der Waals surface area contributed by atoms with Gasteiger partial charge in [0.25, 0.3) is 0 Å². The standard InChI is InChI=1S/C21H38N6O2.HI/c1-23-21(27-9-4-5-17(16-27)15-19(22)28)24-8-10-25-11-13-26(14-12-25)20(29)18-6-2-3-7-18;/h17-18H,2-16H2,1H3,(H2,22,28)(H,23,24);1H. The molecule has 0 aromatic heterocycles. The molecule has 0 bridgehead atoms. The van der Waals surface area contributed by atoms with Gasteiger partial charge in [0.1, 0.15) is 0 Å². The van der Waals surface area contributed by atoms with E-state index in [4.69, 9.17) is 5.73 Å². The number of nitrogens with two attached hydrogens (primary N) is 1. The van der Waals surface area contributed by atoms with Crippen LogP contribution in [0.3, 0.4) is 0 Å². The zero-order chi connectivity index (χ0) is 20.6. The molecule has 1 unspecified atom stereocenters. The Morgan fingerprint density at radius 2 is 1.70 bits per heavy atom. The number of halogens is 1. The first-order chi connectivity index (χ1) is 14.1. The van der Waals surface area contributed by atoms with Crippen molar-refractivity contribution in [3.8, 4) is 0 Å². The van der Waals surface area contributed by atoms with Gasteiger partial charge in [0.15, 0.2) is 5.96 Å². The summed E-state index contributed by atoms with van der Waals surface area (Å²) in [4.78, 5) is 35.0. The van der Waals surface area contributed by atoms with Gasteiger partial charge < -0.3 is 20.9 Å². The fourth-order valence-corrected chi connectivity index (χ4v) is 4.99. The van der Waals surface area contributed by atoms with Crippen LogP contribution in [-0.2, 0) is 9.59 Å². The fraction of sp³-hybridized carbons (Fsp3) is 0.857. The van der Waals surface area contributed by atoms with Crippen molar-refractivity contribution in [2.24, 2.45) is 22.6 Å². The number of piperazine rings is 1. The summed E-state index contributed by atoms with van der Waals surface area (Å²) in [6.45, 7) is 7.19. The second kappa shape index (κ2) is 12.7. The van der Waals surface area contributed by atoms with Gasteiger partial charge in [-0.05, 0) is 31.6 Å². The van der Waals surface area contributed by atoms with E-state index in [0.29, 0.717) is 18.2 Å². The number of hydrogen-bond acceptors (Lipinski definition) is 4. The number of nitrogens with zero attached hydrogens (tertiary/aromatic N) is 4. The number of rotatable bonds is 6. The second-order valence-corrected chi connectivity index (χ2v) is 8.75. The van der Waals surface area contributed by atoms with E-state index in [2.05, 4.69) is 25.0 Å². The highest BCUT2D eigenvalue weighted by Crippen LogP contribution is 2.27.